The lowest BCUT2D eigenvalue weighted by atomic mass is 10.2. The second kappa shape index (κ2) is 3.96. The van der Waals surface area contributed by atoms with Crippen molar-refractivity contribution >= 4 is 5.69 Å². The van der Waals surface area contributed by atoms with Crippen molar-refractivity contribution in [1.82, 2.24) is 14.8 Å². The van der Waals surface area contributed by atoms with E-state index >= 15 is 0 Å². The van der Waals surface area contributed by atoms with Crippen LogP contribution in [0.15, 0.2) is 36.9 Å². The van der Waals surface area contributed by atoms with Gasteiger partial charge in [-0.25, -0.2) is 9.67 Å². The Morgan fingerprint density at radius 1 is 1.25 bits per heavy atom. The Bertz CT molecular complexity index is 442. The molecule has 2 aromatic rings. The molecule has 1 saturated carbocycles. The van der Waals surface area contributed by atoms with Crippen molar-refractivity contribution in [3.05, 3.63) is 42.5 Å². The molecule has 1 N–H and O–H groups in total. The average molecular weight is 214 g/mol. The van der Waals surface area contributed by atoms with Gasteiger partial charge in [-0.15, -0.1) is 0 Å². The van der Waals surface area contributed by atoms with E-state index in [-0.39, 0.29) is 0 Å². The van der Waals surface area contributed by atoms with Gasteiger partial charge in [0.05, 0.1) is 6.54 Å². The summed E-state index contributed by atoms with van der Waals surface area (Å²) < 4.78 is 1.82. The molecule has 4 heteroatoms. The first-order valence-corrected chi connectivity index (χ1v) is 5.58. The largest absolute Gasteiger partial charge is 0.382 e. The number of nitrogens with zero attached hydrogens (tertiary/aromatic N) is 3. The van der Waals surface area contributed by atoms with E-state index in [1.54, 1.807) is 12.7 Å². The Labute approximate surface area is 94.3 Å². The summed E-state index contributed by atoms with van der Waals surface area (Å²) in [6.45, 7) is 0.781. The SMILES string of the molecule is c1ncn(Cc2ccc(NC3CC3)cc2)n1. The van der Waals surface area contributed by atoms with Crippen LogP contribution in [0.1, 0.15) is 18.4 Å². The highest BCUT2D eigenvalue weighted by Crippen LogP contribution is 2.24. The van der Waals surface area contributed by atoms with Crippen LogP contribution in [0.4, 0.5) is 5.69 Å². The Kier molecular flexibility index (Phi) is 2.33. The van der Waals surface area contributed by atoms with E-state index in [9.17, 15) is 0 Å². The normalized spacial score (nSPS) is 15.0. The molecule has 0 saturated heterocycles. The molecular formula is C12H14N4. The minimum Gasteiger partial charge on any atom is -0.382 e. The molecule has 16 heavy (non-hydrogen) atoms. The fraction of sp³-hybridized carbons (Fsp3) is 0.333. The number of aromatic nitrogens is 3. The smallest absolute Gasteiger partial charge is 0.137 e. The Balaban J connectivity index is 1.67. The van der Waals surface area contributed by atoms with Gasteiger partial charge in [0.2, 0.25) is 0 Å². The summed E-state index contributed by atoms with van der Waals surface area (Å²) in [6.07, 6.45) is 5.90. The fourth-order valence-electron chi connectivity index (χ4n) is 1.67. The predicted molar refractivity (Wildman–Crippen MR) is 62.2 cm³/mol. The highest BCUT2D eigenvalue weighted by atomic mass is 15.3. The third-order valence-electron chi connectivity index (χ3n) is 2.71. The summed E-state index contributed by atoms with van der Waals surface area (Å²) >= 11 is 0. The monoisotopic (exact) mass is 214 g/mol. The van der Waals surface area contributed by atoms with Crippen molar-refractivity contribution in [2.24, 2.45) is 0 Å². The van der Waals surface area contributed by atoms with E-state index in [1.165, 1.54) is 24.1 Å². The van der Waals surface area contributed by atoms with Crippen LogP contribution in [0.25, 0.3) is 0 Å². The molecule has 0 atom stereocenters. The first-order chi connectivity index (χ1) is 7.90. The topological polar surface area (TPSA) is 42.7 Å². The summed E-state index contributed by atoms with van der Waals surface area (Å²) in [6, 6.07) is 9.23. The molecule has 1 aromatic heterocycles. The quantitative estimate of drug-likeness (QED) is 0.845. The summed E-state index contributed by atoms with van der Waals surface area (Å²) in [7, 11) is 0. The molecule has 4 nitrogen and oxygen atoms in total. The lowest BCUT2D eigenvalue weighted by Gasteiger charge is -2.06. The van der Waals surface area contributed by atoms with E-state index in [2.05, 4.69) is 39.7 Å². The van der Waals surface area contributed by atoms with Crippen LogP contribution in [0.3, 0.4) is 0 Å². The van der Waals surface area contributed by atoms with Crippen LogP contribution in [0.5, 0.6) is 0 Å². The average Bonchev–Trinajstić information content (AvgIpc) is 2.96. The lowest BCUT2D eigenvalue weighted by molar-refractivity contribution is 0.685. The van der Waals surface area contributed by atoms with Gasteiger partial charge in [-0.1, -0.05) is 12.1 Å². The van der Waals surface area contributed by atoms with Crippen LogP contribution in [-0.4, -0.2) is 20.8 Å². The highest BCUT2D eigenvalue weighted by Gasteiger charge is 2.20. The molecule has 0 spiro atoms. The number of rotatable bonds is 4. The van der Waals surface area contributed by atoms with E-state index in [1.807, 2.05) is 4.68 Å². The minimum absolute atomic E-state index is 0.709. The summed E-state index contributed by atoms with van der Waals surface area (Å²) in [5, 5.41) is 7.55. The van der Waals surface area contributed by atoms with E-state index in [0.29, 0.717) is 6.04 Å². The summed E-state index contributed by atoms with van der Waals surface area (Å²) in [4.78, 5) is 3.92. The number of nitrogens with one attached hydrogen (secondary N) is 1. The van der Waals surface area contributed by atoms with Gasteiger partial charge in [0.15, 0.2) is 0 Å². The highest BCUT2D eigenvalue weighted by molar-refractivity contribution is 5.46. The van der Waals surface area contributed by atoms with Crippen LogP contribution in [0, 0.1) is 0 Å². The number of hydrogen-bond donors (Lipinski definition) is 1. The molecule has 0 radical (unpaired) electrons. The molecule has 0 unspecified atom stereocenters. The Morgan fingerprint density at radius 3 is 2.69 bits per heavy atom. The van der Waals surface area contributed by atoms with Crippen molar-refractivity contribution in [2.75, 3.05) is 5.32 Å². The van der Waals surface area contributed by atoms with Gasteiger partial charge in [-0.3, -0.25) is 0 Å². The maximum atomic E-state index is 4.08. The molecule has 0 amide bonds. The van der Waals surface area contributed by atoms with Gasteiger partial charge >= 0.3 is 0 Å². The van der Waals surface area contributed by atoms with Crippen LogP contribution in [-0.2, 0) is 6.54 Å². The third-order valence-corrected chi connectivity index (χ3v) is 2.71. The molecule has 1 aliphatic carbocycles. The Morgan fingerprint density at radius 2 is 2.06 bits per heavy atom. The molecule has 1 heterocycles. The number of hydrogen-bond acceptors (Lipinski definition) is 3. The van der Waals surface area contributed by atoms with E-state index in [4.69, 9.17) is 0 Å². The molecule has 82 valence electrons. The number of benzene rings is 1. The molecule has 1 aliphatic rings. The first-order valence-electron chi connectivity index (χ1n) is 5.58. The van der Waals surface area contributed by atoms with Crippen LogP contribution < -0.4 is 5.32 Å². The minimum atomic E-state index is 0.709. The zero-order chi connectivity index (χ0) is 10.8. The zero-order valence-electron chi connectivity index (χ0n) is 9.00. The van der Waals surface area contributed by atoms with E-state index in [0.717, 1.165) is 6.54 Å². The van der Waals surface area contributed by atoms with Gasteiger partial charge in [-0.05, 0) is 30.5 Å². The van der Waals surface area contributed by atoms with Crippen molar-refractivity contribution in [3.8, 4) is 0 Å². The standard InChI is InChI=1S/C12H14N4/c1-3-11(15-12-5-6-12)4-2-10(1)7-16-9-13-8-14-16/h1-4,8-9,12,15H,5-7H2. The maximum Gasteiger partial charge on any atom is 0.137 e. The predicted octanol–water partition coefficient (Wildman–Crippen LogP) is 1.90. The van der Waals surface area contributed by atoms with Crippen molar-refractivity contribution in [3.63, 3.8) is 0 Å². The van der Waals surface area contributed by atoms with Gasteiger partial charge in [0.25, 0.3) is 0 Å². The molecular weight excluding hydrogens is 200 g/mol. The van der Waals surface area contributed by atoms with E-state index < -0.39 is 0 Å². The lowest BCUT2D eigenvalue weighted by Crippen LogP contribution is -2.02. The summed E-state index contributed by atoms with van der Waals surface area (Å²) in [5.41, 5.74) is 2.46. The molecule has 1 fully saturated rings. The third kappa shape index (κ3) is 2.21. The first kappa shape index (κ1) is 9.39. The van der Waals surface area contributed by atoms with Gasteiger partial charge < -0.3 is 5.32 Å². The van der Waals surface area contributed by atoms with Crippen molar-refractivity contribution < 1.29 is 0 Å². The van der Waals surface area contributed by atoms with Crippen LogP contribution in [0.2, 0.25) is 0 Å². The Hall–Kier alpha value is -1.84. The van der Waals surface area contributed by atoms with Crippen molar-refractivity contribution in [2.45, 2.75) is 25.4 Å². The molecule has 3 rings (SSSR count). The second-order valence-corrected chi connectivity index (χ2v) is 4.21. The van der Waals surface area contributed by atoms with Crippen LogP contribution >= 0.6 is 0 Å². The number of anilines is 1. The summed E-state index contributed by atoms with van der Waals surface area (Å²) in [5.74, 6) is 0. The molecule has 1 aromatic carbocycles. The molecule has 0 bridgehead atoms. The fourth-order valence-corrected chi connectivity index (χ4v) is 1.67. The van der Waals surface area contributed by atoms with Gasteiger partial charge in [0, 0.05) is 11.7 Å². The zero-order valence-corrected chi connectivity index (χ0v) is 9.00. The maximum absolute atomic E-state index is 4.08. The van der Waals surface area contributed by atoms with Crippen molar-refractivity contribution in [1.29, 1.82) is 0 Å². The van der Waals surface area contributed by atoms with Gasteiger partial charge in [-0.2, -0.15) is 5.10 Å². The second-order valence-electron chi connectivity index (χ2n) is 4.21. The van der Waals surface area contributed by atoms with Gasteiger partial charge in [0.1, 0.15) is 12.7 Å². The molecule has 0 aliphatic heterocycles.